The summed E-state index contributed by atoms with van der Waals surface area (Å²) in [4.78, 5) is 0. The van der Waals surface area contributed by atoms with Crippen LogP contribution in [0.2, 0.25) is 0 Å². The fourth-order valence-electron chi connectivity index (χ4n) is 2.71. The maximum atomic E-state index is 5.36. The molecule has 2 rings (SSSR count). The lowest BCUT2D eigenvalue weighted by Crippen LogP contribution is -2.28. The molecule has 0 aliphatic heterocycles. The molecule has 2 heteroatoms. The second-order valence-electron chi connectivity index (χ2n) is 5.13. The fraction of sp³-hybridized carbons (Fsp3) is 0.600. The number of rotatable bonds is 5. The number of ether oxygens (including phenoxy) is 1. The van der Waals surface area contributed by atoms with E-state index < -0.39 is 0 Å². The van der Waals surface area contributed by atoms with Crippen LogP contribution in [0.4, 0.5) is 0 Å². The monoisotopic (exact) mass is 233 g/mol. The molecular weight excluding hydrogens is 210 g/mol. The molecule has 1 fully saturated rings. The van der Waals surface area contributed by atoms with Gasteiger partial charge in [-0.3, -0.25) is 0 Å². The van der Waals surface area contributed by atoms with Gasteiger partial charge in [0.2, 0.25) is 0 Å². The van der Waals surface area contributed by atoms with Crippen molar-refractivity contribution in [3.05, 3.63) is 29.8 Å². The quantitative estimate of drug-likeness (QED) is 0.844. The van der Waals surface area contributed by atoms with Crippen molar-refractivity contribution in [2.45, 2.75) is 38.6 Å². The van der Waals surface area contributed by atoms with Crippen LogP contribution >= 0.6 is 0 Å². The number of para-hydroxylation sites is 1. The van der Waals surface area contributed by atoms with Crippen LogP contribution in [0.3, 0.4) is 0 Å². The van der Waals surface area contributed by atoms with Gasteiger partial charge in [-0.15, -0.1) is 0 Å². The summed E-state index contributed by atoms with van der Waals surface area (Å²) in [5, 5.41) is 3.66. The molecule has 2 nitrogen and oxygen atoms in total. The van der Waals surface area contributed by atoms with Crippen molar-refractivity contribution in [3.63, 3.8) is 0 Å². The van der Waals surface area contributed by atoms with Crippen molar-refractivity contribution in [2.75, 3.05) is 13.7 Å². The molecule has 1 aromatic carbocycles. The van der Waals surface area contributed by atoms with E-state index in [2.05, 4.69) is 24.4 Å². The van der Waals surface area contributed by atoms with Crippen molar-refractivity contribution < 1.29 is 4.74 Å². The number of hydrogen-bond donors (Lipinski definition) is 1. The highest BCUT2D eigenvalue weighted by Crippen LogP contribution is 2.24. The zero-order valence-electron chi connectivity index (χ0n) is 10.9. The van der Waals surface area contributed by atoms with Crippen molar-refractivity contribution in [1.82, 2.24) is 5.32 Å². The molecule has 1 N–H and O–H groups in total. The van der Waals surface area contributed by atoms with Gasteiger partial charge in [0.15, 0.2) is 0 Å². The van der Waals surface area contributed by atoms with Crippen LogP contribution < -0.4 is 10.1 Å². The van der Waals surface area contributed by atoms with Crippen molar-refractivity contribution in [3.8, 4) is 5.75 Å². The maximum absolute atomic E-state index is 5.36. The third kappa shape index (κ3) is 3.47. The van der Waals surface area contributed by atoms with Crippen LogP contribution in [-0.2, 0) is 6.42 Å². The van der Waals surface area contributed by atoms with Crippen LogP contribution in [0.15, 0.2) is 24.3 Å². The predicted molar refractivity (Wildman–Crippen MR) is 71.5 cm³/mol. The lowest BCUT2D eigenvalue weighted by atomic mass is 10.1. The summed E-state index contributed by atoms with van der Waals surface area (Å²) >= 11 is 0. The minimum atomic E-state index is 0.736. The van der Waals surface area contributed by atoms with Gasteiger partial charge in [0, 0.05) is 6.04 Å². The topological polar surface area (TPSA) is 21.3 Å². The first kappa shape index (κ1) is 12.4. The molecule has 94 valence electrons. The molecule has 1 aromatic rings. The fourth-order valence-corrected chi connectivity index (χ4v) is 2.71. The second-order valence-corrected chi connectivity index (χ2v) is 5.13. The Balaban J connectivity index is 1.78. The Kier molecular flexibility index (Phi) is 4.43. The summed E-state index contributed by atoms with van der Waals surface area (Å²) in [6, 6.07) is 9.02. The summed E-state index contributed by atoms with van der Waals surface area (Å²) < 4.78 is 5.36. The third-order valence-electron chi connectivity index (χ3n) is 3.71. The van der Waals surface area contributed by atoms with E-state index in [1.807, 2.05) is 12.1 Å². The Morgan fingerprint density at radius 2 is 2.12 bits per heavy atom. The minimum Gasteiger partial charge on any atom is -0.496 e. The molecular formula is C15H23NO. The molecule has 0 saturated heterocycles. The van der Waals surface area contributed by atoms with Gasteiger partial charge in [-0.05, 0) is 49.8 Å². The molecule has 17 heavy (non-hydrogen) atoms. The van der Waals surface area contributed by atoms with Gasteiger partial charge >= 0.3 is 0 Å². The van der Waals surface area contributed by atoms with E-state index in [-0.39, 0.29) is 0 Å². The van der Waals surface area contributed by atoms with E-state index in [9.17, 15) is 0 Å². The van der Waals surface area contributed by atoms with E-state index in [4.69, 9.17) is 4.74 Å². The molecule has 1 saturated carbocycles. The summed E-state index contributed by atoms with van der Waals surface area (Å²) in [6.07, 6.45) is 5.11. The molecule has 0 amide bonds. The molecule has 0 heterocycles. The second kappa shape index (κ2) is 6.06. The standard InChI is InChI=1S/C15H23NO/c1-12-7-8-14(11-12)16-10-9-13-5-3-4-6-15(13)17-2/h3-6,12,14,16H,7-11H2,1-2H3. The lowest BCUT2D eigenvalue weighted by molar-refractivity contribution is 0.408. The normalized spacial score (nSPS) is 23.9. The van der Waals surface area contributed by atoms with Crippen molar-refractivity contribution in [2.24, 2.45) is 5.92 Å². The Morgan fingerprint density at radius 3 is 2.82 bits per heavy atom. The van der Waals surface area contributed by atoms with Gasteiger partial charge in [-0.1, -0.05) is 25.1 Å². The summed E-state index contributed by atoms with van der Waals surface area (Å²) in [7, 11) is 1.74. The van der Waals surface area contributed by atoms with Gasteiger partial charge in [0.1, 0.15) is 5.75 Å². The number of nitrogens with one attached hydrogen (secondary N) is 1. The smallest absolute Gasteiger partial charge is 0.122 e. The highest BCUT2D eigenvalue weighted by Gasteiger charge is 2.20. The predicted octanol–water partition coefficient (Wildman–Crippen LogP) is 3.02. The number of hydrogen-bond acceptors (Lipinski definition) is 2. The molecule has 0 spiro atoms. The highest BCUT2D eigenvalue weighted by molar-refractivity contribution is 5.33. The van der Waals surface area contributed by atoms with Crippen LogP contribution in [-0.4, -0.2) is 19.7 Å². The van der Waals surface area contributed by atoms with Crippen molar-refractivity contribution >= 4 is 0 Å². The average Bonchev–Trinajstić information content (AvgIpc) is 2.76. The lowest BCUT2D eigenvalue weighted by Gasteiger charge is -2.13. The molecule has 0 aromatic heterocycles. The summed E-state index contributed by atoms with van der Waals surface area (Å²) in [5.41, 5.74) is 1.30. The third-order valence-corrected chi connectivity index (χ3v) is 3.71. The molecule has 1 aliphatic rings. The summed E-state index contributed by atoms with van der Waals surface area (Å²) in [5.74, 6) is 1.91. The molecule has 1 aliphatic carbocycles. The SMILES string of the molecule is COc1ccccc1CCNC1CCC(C)C1. The zero-order valence-corrected chi connectivity index (χ0v) is 10.9. The van der Waals surface area contributed by atoms with Crippen LogP contribution in [0.1, 0.15) is 31.7 Å². The van der Waals surface area contributed by atoms with E-state index in [1.54, 1.807) is 7.11 Å². The Bertz CT molecular complexity index is 351. The van der Waals surface area contributed by atoms with Gasteiger partial charge in [0.25, 0.3) is 0 Å². The Hall–Kier alpha value is -1.02. The molecule has 2 unspecified atom stereocenters. The van der Waals surface area contributed by atoms with Crippen LogP contribution in [0.5, 0.6) is 5.75 Å². The number of benzene rings is 1. The Morgan fingerprint density at radius 1 is 1.29 bits per heavy atom. The van der Waals surface area contributed by atoms with E-state index in [0.29, 0.717) is 0 Å². The zero-order chi connectivity index (χ0) is 12.1. The van der Waals surface area contributed by atoms with Crippen molar-refractivity contribution in [1.29, 1.82) is 0 Å². The highest BCUT2D eigenvalue weighted by atomic mass is 16.5. The van der Waals surface area contributed by atoms with Crippen LogP contribution in [0.25, 0.3) is 0 Å². The first-order chi connectivity index (χ1) is 8.29. The first-order valence-electron chi connectivity index (χ1n) is 6.65. The van der Waals surface area contributed by atoms with Gasteiger partial charge in [-0.25, -0.2) is 0 Å². The molecule has 0 bridgehead atoms. The number of methoxy groups -OCH3 is 1. The summed E-state index contributed by atoms with van der Waals surface area (Å²) in [6.45, 7) is 3.40. The Labute approximate surface area is 104 Å². The molecule has 0 radical (unpaired) electrons. The van der Waals surface area contributed by atoms with E-state index in [1.165, 1.54) is 24.8 Å². The average molecular weight is 233 g/mol. The minimum absolute atomic E-state index is 0.736. The van der Waals surface area contributed by atoms with E-state index >= 15 is 0 Å². The van der Waals surface area contributed by atoms with Gasteiger partial charge in [-0.2, -0.15) is 0 Å². The van der Waals surface area contributed by atoms with Gasteiger partial charge in [0.05, 0.1) is 7.11 Å². The first-order valence-corrected chi connectivity index (χ1v) is 6.65. The van der Waals surface area contributed by atoms with E-state index in [0.717, 1.165) is 30.7 Å². The van der Waals surface area contributed by atoms with Gasteiger partial charge < -0.3 is 10.1 Å². The van der Waals surface area contributed by atoms with Crippen LogP contribution in [0, 0.1) is 5.92 Å². The maximum Gasteiger partial charge on any atom is 0.122 e. The largest absolute Gasteiger partial charge is 0.496 e. The molecule has 2 atom stereocenters.